The zero-order valence-corrected chi connectivity index (χ0v) is 49.3. The number of alkyl halides is 2. The molecule has 2 aliphatic carbocycles. The fourth-order valence-electron chi connectivity index (χ4n) is 10.1. The van der Waals surface area contributed by atoms with Crippen LogP contribution in [0, 0.1) is 0 Å². The number of halogens is 3. The van der Waals surface area contributed by atoms with Crippen molar-refractivity contribution < 1.29 is 26.3 Å². The number of ether oxygens (including phenoxy) is 2. The van der Waals surface area contributed by atoms with Gasteiger partial charge in [0, 0.05) is 88.3 Å². The smallest absolute Gasteiger partial charge is 0.261 e. The molecule has 2 aromatic heterocycles. The van der Waals surface area contributed by atoms with E-state index in [1.807, 2.05) is 18.2 Å². The van der Waals surface area contributed by atoms with Crippen molar-refractivity contribution in [3.8, 4) is 11.5 Å². The number of benzene rings is 4. The molecule has 75 heavy (non-hydrogen) atoms. The summed E-state index contributed by atoms with van der Waals surface area (Å²) in [6, 6.07) is 34.4. The second kappa shape index (κ2) is 29.0. The molecule has 0 saturated carbocycles. The molecule has 1 saturated heterocycles. The maximum atomic E-state index is 12.7. The van der Waals surface area contributed by atoms with Crippen molar-refractivity contribution in [2.75, 3.05) is 64.1 Å². The van der Waals surface area contributed by atoms with Gasteiger partial charge in [0.15, 0.2) is 10.1 Å². The van der Waals surface area contributed by atoms with Crippen molar-refractivity contribution in [3.63, 3.8) is 0 Å². The molecule has 1 fully saturated rings. The van der Waals surface area contributed by atoms with Crippen molar-refractivity contribution >= 4 is 64.3 Å². The van der Waals surface area contributed by atoms with E-state index in [0.29, 0.717) is 12.0 Å². The SMILES string of the molecule is BrCCCCBr.CN(CCOc1ccc2c(c1)C(Cc1ccccc1)C(N)CC2)S(=O)(=O)c1cn(C)cn1.CN(CCOc1ccc2c(c1)C(Cc1ccccc1)C(N1CCCC1)CC2)S(=O)(=O)c1cn(C)cn1.Cl. The second-order valence-electron chi connectivity index (χ2n) is 19.6. The number of hydrogen-bond donors (Lipinski definition) is 1. The van der Waals surface area contributed by atoms with Crippen LogP contribution in [-0.4, -0.2) is 126 Å². The van der Waals surface area contributed by atoms with E-state index in [2.05, 4.69) is 126 Å². The molecule has 0 bridgehead atoms. The molecule has 19 heteroatoms. The van der Waals surface area contributed by atoms with Crippen molar-refractivity contribution in [2.24, 2.45) is 19.8 Å². The lowest BCUT2D eigenvalue weighted by atomic mass is 9.75. The Hall–Kier alpha value is -4.11. The highest BCUT2D eigenvalue weighted by molar-refractivity contribution is 9.09. The molecule has 3 heterocycles. The molecule has 3 aliphatic rings. The van der Waals surface area contributed by atoms with Crippen LogP contribution in [0.3, 0.4) is 0 Å². The fraction of sp³-hybridized carbons (Fsp3) is 0.464. The van der Waals surface area contributed by atoms with Gasteiger partial charge >= 0.3 is 0 Å². The average Bonchev–Trinajstić information content (AvgIpc) is 4.22. The van der Waals surface area contributed by atoms with Crippen LogP contribution in [-0.2, 0) is 59.8 Å². The minimum Gasteiger partial charge on any atom is -0.492 e. The molecule has 4 unspecified atom stereocenters. The van der Waals surface area contributed by atoms with Gasteiger partial charge in [0.25, 0.3) is 20.0 Å². The summed E-state index contributed by atoms with van der Waals surface area (Å²) in [5, 5.41) is 2.36. The molecule has 0 spiro atoms. The van der Waals surface area contributed by atoms with E-state index in [-0.39, 0.29) is 60.7 Å². The zero-order chi connectivity index (χ0) is 52.7. The van der Waals surface area contributed by atoms with E-state index in [4.69, 9.17) is 15.2 Å². The summed E-state index contributed by atoms with van der Waals surface area (Å²) in [7, 11) is -0.668. The Morgan fingerprint density at radius 3 is 1.52 bits per heavy atom. The topological polar surface area (TPSA) is 158 Å². The zero-order valence-electron chi connectivity index (χ0n) is 43.7. The number of fused-ring (bicyclic) bond motifs is 2. The largest absolute Gasteiger partial charge is 0.492 e. The lowest BCUT2D eigenvalue weighted by molar-refractivity contribution is 0.188. The van der Waals surface area contributed by atoms with Crippen molar-refractivity contribution in [2.45, 2.75) is 98.2 Å². The van der Waals surface area contributed by atoms with E-state index in [1.54, 1.807) is 30.3 Å². The first-order chi connectivity index (χ1) is 35.7. The Morgan fingerprint density at radius 2 is 1.08 bits per heavy atom. The number of aromatic nitrogens is 4. The molecule has 0 radical (unpaired) electrons. The first-order valence-corrected chi connectivity index (χ1v) is 30.9. The van der Waals surface area contributed by atoms with Crippen molar-refractivity contribution in [3.05, 3.63) is 155 Å². The molecule has 1 aliphatic heterocycles. The van der Waals surface area contributed by atoms with E-state index in [9.17, 15) is 16.8 Å². The minimum absolute atomic E-state index is 0. The summed E-state index contributed by atoms with van der Waals surface area (Å²) in [4.78, 5) is 10.6. The molecule has 2 N–H and O–H groups in total. The van der Waals surface area contributed by atoms with Gasteiger partial charge in [0.2, 0.25) is 0 Å². The molecule has 4 aromatic carbocycles. The van der Waals surface area contributed by atoms with Gasteiger partial charge in [0.05, 0.1) is 12.7 Å². The molecule has 4 atom stereocenters. The number of hydrogen-bond acceptors (Lipinski definition) is 10. The Balaban J connectivity index is 0.000000219. The van der Waals surface area contributed by atoms with Crippen LogP contribution < -0.4 is 15.2 Å². The summed E-state index contributed by atoms with van der Waals surface area (Å²) in [6.07, 6.45) is 17.3. The van der Waals surface area contributed by atoms with Crippen LogP contribution in [0.5, 0.6) is 11.5 Å². The van der Waals surface area contributed by atoms with Gasteiger partial charge in [-0.3, -0.25) is 4.90 Å². The first kappa shape index (κ1) is 60.1. The number of sulfonamides is 2. The number of likely N-dealkylation sites (tertiary alicyclic amines) is 1. The molecule has 14 nitrogen and oxygen atoms in total. The third-order valence-electron chi connectivity index (χ3n) is 14.3. The summed E-state index contributed by atoms with van der Waals surface area (Å²) in [5.74, 6) is 2.19. The van der Waals surface area contributed by atoms with E-state index in [0.717, 1.165) is 54.3 Å². The number of unbranched alkanes of at least 4 members (excludes halogenated alkanes) is 1. The lowest BCUT2D eigenvalue weighted by Gasteiger charge is -2.39. The predicted octanol–water partition coefficient (Wildman–Crippen LogP) is 9.55. The summed E-state index contributed by atoms with van der Waals surface area (Å²) >= 11 is 6.66. The highest BCUT2D eigenvalue weighted by Gasteiger charge is 2.35. The van der Waals surface area contributed by atoms with Gasteiger partial charge in [-0.25, -0.2) is 26.8 Å². The van der Waals surface area contributed by atoms with Gasteiger partial charge in [-0.1, -0.05) is 105 Å². The minimum atomic E-state index is -3.63. The molecular weight excluding hydrogens is 1140 g/mol. The highest BCUT2D eigenvalue weighted by Crippen LogP contribution is 2.40. The van der Waals surface area contributed by atoms with Crippen LogP contribution >= 0.6 is 44.3 Å². The van der Waals surface area contributed by atoms with Gasteiger partial charge in [-0.05, 0) is 135 Å². The fourth-order valence-corrected chi connectivity index (χ4v) is 13.1. The number of aryl methyl sites for hydroxylation is 4. The van der Waals surface area contributed by atoms with Gasteiger partial charge in [-0.15, -0.1) is 12.4 Å². The third-order valence-corrected chi connectivity index (χ3v) is 18.9. The quantitative estimate of drug-likeness (QED) is 0.0577. The molecule has 9 rings (SSSR count). The maximum absolute atomic E-state index is 12.7. The van der Waals surface area contributed by atoms with Crippen LogP contribution in [0.2, 0.25) is 0 Å². The monoisotopic (exact) mass is 1210 g/mol. The Kier molecular flexibility index (Phi) is 23.3. The van der Waals surface area contributed by atoms with Crippen LogP contribution in [0.15, 0.2) is 132 Å². The number of likely N-dealkylation sites (N-methyl/N-ethyl adjacent to an activating group) is 2. The van der Waals surface area contributed by atoms with Gasteiger partial charge < -0.3 is 24.3 Å². The predicted molar refractivity (Wildman–Crippen MR) is 309 cm³/mol. The summed E-state index contributed by atoms with van der Waals surface area (Å²) in [6.45, 7) is 3.39. The Morgan fingerprint density at radius 1 is 0.640 bits per heavy atom. The molecule has 0 amide bonds. The average molecular weight is 1220 g/mol. The van der Waals surface area contributed by atoms with Crippen molar-refractivity contribution in [1.29, 1.82) is 0 Å². The number of rotatable bonds is 20. The summed E-state index contributed by atoms with van der Waals surface area (Å²) in [5.41, 5.74) is 14.5. The second-order valence-corrected chi connectivity index (χ2v) is 25.1. The van der Waals surface area contributed by atoms with E-state index < -0.39 is 20.0 Å². The van der Waals surface area contributed by atoms with Crippen molar-refractivity contribution in [1.82, 2.24) is 32.6 Å². The summed E-state index contributed by atoms with van der Waals surface area (Å²) < 4.78 is 68.6. The Bertz CT molecular complexity index is 2900. The molecule has 6 aromatic rings. The number of nitrogens with two attached hydrogens (primary N) is 1. The lowest BCUT2D eigenvalue weighted by Crippen LogP contribution is -2.41. The van der Waals surface area contributed by atoms with E-state index in [1.165, 1.54) is 119 Å². The highest BCUT2D eigenvalue weighted by atomic mass is 79.9. The standard InChI is InChI=1S/C28H36N4O3S.C24H30N4O3S.C4H8Br2.ClH/c1-30-20-28(29-21-30)36(33,34)31(2)16-17-35-24-12-10-23-11-13-27(32-14-6-7-15-32)26(25(23)19-24)18-22-8-4-3-5-9-22;1-27-16-24(26-17-27)32(29,30)28(2)12-13-31-20-10-8-19-9-11-23(25)22(21(19)15-20)14-18-6-4-3-5-7-18;5-3-1-2-4-6;/h3-5,8-10,12,19-21,26-27H,6-7,11,13-18H2,1-2H3;3-8,10,15-17,22-23H,9,11-14,25H2,1-2H3;1-4H2;1H. The number of nitrogens with zero attached hydrogens (tertiary/aromatic N) is 7. The van der Waals surface area contributed by atoms with Crippen LogP contribution in [0.1, 0.15) is 83.7 Å². The van der Waals surface area contributed by atoms with Gasteiger partial charge in [-0.2, -0.15) is 8.61 Å². The molecular formula is C56H75Br2ClN8O6S2. The normalized spacial score (nSPS) is 18.5. The third kappa shape index (κ3) is 16.5. The van der Waals surface area contributed by atoms with Crippen LogP contribution in [0.4, 0.5) is 0 Å². The number of imidazole rings is 2. The first-order valence-electron chi connectivity index (χ1n) is 25.8. The maximum Gasteiger partial charge on any atom is 0.261 e. The van der Waals surface area contributed by atoms with Gasteiger partial charge in [0.1, 0.15) is 24.7 Å². The van der Waals surface area contributed by atoms with Crippen LogP contribution in [0.25, 0.3) is 0 Å². The van der Waals surface area contributed by atoms with E-state index >= 15 is 0 Å². The molecule has 408 valence electrons. The Labute approximate surface area is 469 Å².